The van der Waals surface area contributed by atoms with Crippen LogP contribution < -0.4 is 10.1 Å². The second kappa shape index (κ2) is 8.34. The van der Waals surface area contributed by atoms with E-state index in [1.807, 2.05) is 25.2 Å². The lowest BCUT2D eigenvalue weighted by Gasteiger charge is -2.09. The van der Waals surface area contributed by atoms with Crippen molar-refractivity contribution in [3.05, 3.63) is 28.8 Å². The van der Waals surface area contributed by atoms with Crippen molar-refractivity contribution in [2.75, 3.05) is 20.3 Å². The summed E-state index contributed by atoms with van der Waals surface area (Å²) in [6.07, 6.45) is 2.75. The highest BCUT2D eigenvalue weighted by atomic mass is 35.5. The molecule has 17 heavy (non-hydrogen) atoms. The summed E-state index contributed by atoms with van der Waals surface area (Å²) in [6.45, 7) is 1.70. The van der Waals surface area contributed by atoms with Crippen molar-refractivity contribution in [1.29, 1.82) is 0 Å². The van der Waals surface area contributed by atoms with E-state index in [0.29, 0.717) is 11.6 Å². The summed E-state index contributed by atoms with van der Waals surface area (Å²) in [5.74, 6) is 0.732. The maximum Gasteiger partial charge on any atom is 0.137 e. The predicted octanol–water partition coefficient (Wildman–Crippen LogP) is 2.60. The lowest BCUT2D eigenvalue weighted by molar-refractivity contribution is 0.266. The molecule has 0 saturated carbocycles. The third kappa shape index (κ3) is 5.39. The van der Waals surface area contributed by atoms with Crippen LogP contribution in [0.5, 0.6) is 5.75 Å². The van der Waals surface area contributed by atoms with E-state index in [1.54, 1.807) is 0 Å². The van der Waals surface area contributed by atoms with Crippen LogP contribution >= 0.6 is 11.6 Å². The normalized spacial score (nSPS) is 10.5. The maximum absolute atomic E-state index is 8.64. The predicted molar refractivity (Wildman–Crippen MR) is 70.6 cm³/mol. The monoisotopic (exact) mass is 257 g/mol. The van der Waals surface area contributed by atoms with Crippen LogP contribution in [-0.4, -0.2) is 25.4 Å². The molecule has 0 spiro atoms. The zero-order valence-corrected chi connectivity index (χ0v) is 11.0. The molecule has 3 nitrogen and oxygen atoms in total. The molecule has 0 atom stereocenters. The molecule has 0 heterocycles. The van der Waals surface area contributed by atoms with E-state index in [1.165, 1.54) is 0 Å². The third-order valence-corrected chi connectivity index (χ3v) is 2.73. The van der Waals surface area contributed by atoms with Crippen LogP contribution in [0.15, 0.2) is 18.2 Å². The topological polar surface area (TPSA) is 41.5 Å². The number of hydrogen-bond acceptors (Lipinski definition) is 3. The number of ether oxygens (including phenoxy) is 1. The minimum atomic E-state index is 0.249. The molecule has 0 amide bonds. The van der Waals surface area contributed by atoms with Crippen LogP contribution in [0.2, 0.25) is 5.02 Å². The number of unbranched alkanes of at least 4 members (excludes halogenated alkanes) is 2. The Bertz CT molecular complexity index is 331. The quantitative estimate of drug-likeness (QED) is 0.704. The molecule has 1 rings (SSSR count). The molecule has 96 valence electrons. The van der Waals surface area contributed by atoms with Gasteiger partial charge in [0.25, 0.3) is 0 Å². The van der Waals surface area contributed by atoms with E-state index in [0.717, 1.165) is 37.1 Å². The molecule has 0 radical (unpaired) electrons. The van der Waals surface area contributed by atoms with Gasteiger partial charge >= 0.3 is 0 Å². The van der Waals surface area contributed by atoms with Crippen molar-refractivity contribution in [2.24, 2.45) is 0 Å². The molecule has 0 aliphatic rings. The number of rotatable bonds is 8. The Morgan fingerprint density at radius 1 is 1.29 bits per heavy atom. The van der Waals surface area contributed by atoms with Crippen LogP contribution in [0.3, 0.4) is 0 Å². The van der Waals surface area contributed by atoms with E-state index < -0.39 is 0 Å². The van der Waals surface area contributed by atoms with Gasteiger partial charge in [-0.3, -0.25) is 0 Å². The molecule has 2 N–H and O–H groups in total. The van der Waals surface area contributed by atoms with Gasteiger partial charge in [0.2, 0.25) is 0 Å². The van der Waals surface area contributed by atoms with Crippen LogP contribution in [0.4, 0.5) is 0 Å². The third-order valence-electron chi connectivity index (χ3n) is 2.44. The summed E-state index contributed by atoms with van der Waals surface area (Å²) in [6, 6.07) is 5.83. The highest BCUT2D eigenvalue weighted by Crippen LogP contribution is 2.25. The average Bonchev–Trinajstić information content (AvgIpc) is 2.32. The van der Waals surface area contributed by atoms with Gasteiger partial charge < -0.3 is 15.2 Å². The van der Waals surface area contributed by atoms with E-state index >= 15 is 0 Å². The van der Waals surface area contributed by atoms with Crippen molar-refractivity contribution in [1.82, 2.24) is 5.32 Å². The SMILES string of the molecule is CNCc1ccc(OCCCCCO)c(Cl)c1. The number of aliphatic hydroxyl groups is 1. The summed E-state index contributed by atoms with van der Waals surface area (Å²) in [5, 5.41) is 12.4. The zero-order chi connectivity index (χ0) is 12.5. The van der Waals surface area contributed by atoms with E-state index in [-0.39, 0.29) is 6.61 Å². The van der Waals surface area contributed by atoms with Crippen LogP contribution in [0.1, 0.15) is 24.8 Å². The van der Waals surface area contributed by atoms with Gasteiger partial charge in [-0.25, -0.2) is 0 Å². The minimum Gasteiger partial charge on any atom is -0.492 e. The van der Waals surface area contributed by atoms with E-state index in [4.69, 9.17) is 21.4 Å². The fourth-order valence-corrected chi connectivity index (χ4v) is 1.81. The first-order chi connectivity index (χ1) is 8.27. The van der Waals surface area contributed by atoms with Gasteiger partial charge in [-0.1, -0.05) is 17.7 Å². The van der Waals surface area contributed by atoms with Crippen molar-refractivity contribution in [3.8, 4) is 5.75 Å². The summed E-state index contributed by atoms with van der Waals surface area (Å²) >= 11 is 6.11. The summed E-state index contributed by atoms with van der Waals surface area (Å²) in [7, 11) is 1.90. The molecule has 0 saturated heterocycles. The fourth-order valence-electron chi connectivity index (χ4n) is 1.55. The first-order valence-corrected chi connectivity index (χ1v) is 6.32. The number of aliphatic hydroxyl groups excluding tert-OH is 1. The van der Waals surface area contributed by atoms with Crippen molar-refractivity contribution >= 4 is 11.6 Å². The number of benzene rings is 1. The lowest BCUT2D eigenvalue weighted by Crippen LogP contribution is -2.05. The van der Waals surface area contributed by atoms with Gasteiger partial charge in [-0.2, -0.15) is 0 Å². The molecule has 1 aromatic rings. The lowest BCUT2D eigenvalue weighted by atomic mass is 10.2. The molecule has 1 aromatic carbocycles. The molecule has 0 fully saturated rings. The number of halogens is 1. The molecule has 4 heteroatoms. The van der Waals surface area contributed by atoms with Gasteiger partial charge in [-0.05, 0) is 44.0 Å². The molecular formula is C13H20ClNO2. The Morgan fingerprint density at radius 2 is 2.12 bits per heavy atom. The molecule has 0 unspecified atom stereocenters. The molecule has 0 aliphatic heterocycles. The van der Waals surface area contributed by atoms with Gasteiger partial charge in [0, 0.05) is 13.2 Å². The summed E-state index contributed by atoms with van der Waals surface area (Å²) < 4.78 is 5.58. The van der Waals surface area contributed by atoms with Crippen LogP contribution in [-0.2, 0) is 6.54 Å². The summed E-state index contributed by atoms with van der Waals surface area (Å²) in [5.41, 5.74) is 1.14. The second-order valence-corrected chi connectivity index (χ2v) is 4.34. The zero-order valence-electron chi connectivity index (χ0n) is 10.2. The van der Waals surface area contributed by atoms with E-state index in [9.17, 15) is 0 Å². The van der Waals surface area contributed by atoms with Gasteiger partial charge in [0.15, 0.2) is 0 Å². The molecule has 0 aliphatic carbocycles. The average molecular weight is 258 g/mol. The van der Waals surface area contributed by atoms with Crippen LogP contribution in [0, 0.1) is 0 Å². The Morgan fingerprint density at radius 3 is 2.76 bits per heavy atom. The Kier molecular flexibility index (Phi) is 7.01. The summed E-state index contributed by atoms with van der Waals surface area (Å²) in [4.78, 5) is 0. The standard InChI is InChI=1S/C13H20ClNO2/c1-15-10-11-5-6-13(12(14)9-11)17-8-4-2-3-7-16/h5-6,9,15-16H,2-4,7-8,10H2,1H3. The van der Waals surface area contributed by atoms with Crippen molar-refractivity contribution in [2.45, 2.75) is 25.8 Å². The highest BCUT2D eigenvalue weighted by Gasteiger charge is 2.02. The first-order valence-electron chi connectivity index (χ1n) is 5.94. The van der Waals surface area contributed by atoms with Crippen LogP contribution in [0.25, 0.3) is 0 Å². The smallest absolute Gasteiger partial charge is 0.137 e. The molecular weight excluding hydrogens is 238 g/mol. The van der Waals surface area contributed by atoms with E-state index in [2.05, 4.69) is 5.32 Å². The van der Waals surface area contributed by atoms with Gasteiger partial charge in [-0.15, -0.1) is 0 Å². The second-order valence-electron chi connectivity index (χ2n) is 3.93. The molecule has 0 aromatic heterocycles. The Balaban J connectivity index is 2.38. The van der Waals surface area contributed by atoms with Crippen molar-refractivity contribution < 1.29 is 9.84 Å². The molecule has 0 bridgehead atoms. The van der Waals surface area contributed by atoms with Gasteiger partial charge in [0.1, 0.15) is 5.75 Å². The van der Waals surface area contributed by atoms with Crippen molar-refractivity contribution in [3.63, 3.8) is 0 Å². The minimum absolute atomic E-state index is 0.249. The first kappa shape index (κ1) is 14.3. The Labute approximate surface area is 108 Å². The number of hydrogen-bond donors (Lipinski definition) is 2. The Hall–Kier alpha value is -0.770. The maximum atomic E-state index is 8.64. The number of nitrogens with one attached hydrogen (secondary N) is 1. The highest BCUT2D eigenvalue weighted by molar-refractivity contribution is 6.32. The van der Waals surface area contributed by atoms with Gasteiger partial charge in [0.05, 0.1) is 11.6 Å². The largest absolute Gasteiger partial charge is 0.492 e. The fraction of sp³-hybridized carbons (Fsp3) is 0.538.